The van der Waals surface area contributed by atoms with Crippen LogP contribution in [0.4, 0.5) is 5.69 Å². The number of benzene rings is 2. The lowest BCUT2D eigenvalue weighted by Gasteiger charge is -2.23. The van der Waals surface area contributed by atoms with Crippen molar-refractivity contribution in [1.29, 1.82) is 0 Å². The minimum atomic E-state index is -0.965. The Labute approximate surface area is 139 Å². The largest absolute Gasteiger partial charge is 0.479 e. The summed E-state index contributed by atoms with van der Waals surface area (Å²) in [5, 5.41) is 3.02. The van der Waals surface area contributed by atoms with Crippen LogP contribution in [0.2, 0.25) is 0 Å². The highest BCUT2D eigenvalue weighted by Gasteiger charge is 2.40. The van der Waals surface area contributed by atoms with Gasteiger partial charge in [0.15, 0.2) is 12.1 Å². The lowest BCUT2D eigenvalue weighted by atomic mass is 10.1. The van der Waals surface area contributed by atoms with Crippen LogP contribution in [0.3, 0.4) is 0 Å². The van der Waals surface area contributed by atoms with Crippen LogP contribution in [0.15, 0.2) is 66.7 Å². The number of hydrogen-bond acceptors (Lipinski definition) is 5. The first-order valence-corrected chi connectivity index (χ1v) is 7.56. The van der Waals surface area contributed by atoms with E-state index < -0.39 is 18.1 Å². The highest BCUT2D eigenvalue weighted by molar-refractivity contribution is 6.05. The molecule has 122 valence electrons. The number of para-hydroxylation sites is 1. The van der Waals surface area contributed by atoms with Gasteiger partial charge >= 0.3 is 5.97 Å². The summed E-state index contributed by atoms with van der Waals surface area (Å²) in [5.41, 5.74) is 1.49. The molecule has 2 aromatic carbocycles. The highest BCUT2D eigenvalue weighted by atomic mass is 16.5. The van der Waals surface area contributed by atoms with Crippen molar-refractivity contribution in [3.05, 3.63) is 72.3 Å². The van der Waals surface area contributed by atoms with Crippen LogP contribution in [-0.4, -0.2) is 31.0 Å². The summed E-state index contributed by atoms with van der Waals surface area (Å²) in [7, 11) is 1.28. The maximum atomic E-state index is 12.4. The summed E-state index contributed by atoms with van der Waals surface area (Å²) in [4.78, 5) is 24.5. The molecule has 2 atom stereocenters. The van der Waals surface area contributed by atoms with E-state index in [1.165, 1.54) is 13.2 Å². The zero-order valence-electron chi connectivity index (χ0n) is 13.1. The third-order valence-corrected chi connectivity index (χ3v) is 3.72. The molecule has 0 saturated heterocycles. The molecule has 1 heterocycles. The van der Waals surface area contributed by atoms with Gasteiger partial charge in [-0.2, -0.15) is 0 Å². The third kappa shape index (κ3) is 3.30. The highest BCUT2D eigenvalue weighted by Crippen LogP contribution is 2.27. The zero-order valence-corrected chi connectivity index (χ0v) is 13.1. The minimum Gasteiger partial charge on any atom is -0.479 e. The second kappa shape index (κ2) is 7.00. The molecule has 1 aliphatic heterocycles. The van der Waals surface area contributed by atoms with Gasteiger partial charge < -0.3 is 14.8 Å². The van der Waals surface area contributed by atoms with Crippen molar-refractivity contribution in [1.82, 2.24) is 0 Å². The van der Waals surface area contributed by atoms with Crippen LogP contribution in [0.5, 0.6) is 0 Å². The fourth-order valence-corrected chi connectivity index (χ4v) is 2.53. The van der Waals surface area contributed by atoms with Crippen molar-refractivity contribution in [2.75, 3.05) is 12.4 Å². The Bertz CT molecular complexity index is 755. The van der Waals surface area contributed by atoms with Crippen molar-refractivity contribution in [2.24, 2.45) is 0 Å². The number of nitrogens with one attached hydrogen (secondary N) is 1. The van der Waals surface area contributed by atoms with Gasteiger partial charge in [-0.25, -0.2) is 4.79 Å². The standard InChI is InChI=1S/C19H17NO4/c1-23-19(22)17(20-14-10-6-3-7-11-14)18-15(21)12-16(24-18)13-8-4-2-5-9-13/h2-12,17-18,20H,1H3. The molecule has 5 heteroatoms. The Morgan fingerprint density at radius 2 is 1.71 bits per heavy atom. The van der Waals surface area contributed by atoms with E-state index in [0.29, 0.717) is 11.4 Å². The van der Waals surface area contributed by atoms with Crippen LogP contribution in [0.1, 0.15) is 5.56 Å². The zero-order chi connectivity index (χ0) is 16.9. The molecule has 0 bridgehead atoms. The molecule has 0 amide bonds. The van der Waals surface area contributed by atoms with E-state index in [1.54, 1.807) is 12.1 Å². The third-order valence-electron chi connectivity index (χ3n) is 3.72. The molecular formula is C19H17NO4. The number of anilines is 1. The molecule has 0 spiro atoms. The van der Waals surface area contributed by atoms with E-state index in [9.17, 15) is 9.59 Å². The summed E-state index contributed by atoms with van der Waals surface area (Å²) >= 11 is 0. The Balaban J connectivity index is 1.82. The first kappa shape index (κ1) is 15.8. The normalized spacial score (nSPS) is 17.6. The van der Waals surface area contributed by atoms with E-state index in [0.717, 1.165) is 5.56 Å². The van der Waals surface area contributed by atoms with E-state index in [4.69, 9.17) is 9.47 Å². The fourth-order valence-electron chi connectivity index (χ4n) is 2.53. The number of ketones is 1. The summed E-state index contributed by atoms with van der Waals surface area (Å²) in [5.74, 6) is -0.373. The van der Waals surface area contributed by atoms with Gasteiger partial charge in [-0.15, -0.1) is 0 Å². The number of hydrogen-bond donors (Lipinski definition) is 1. The molecular weight excluding hydrogens is 306 g/mol. The molecule has 0 aliphatic carbocycles. The second-order valence-electron chi connectivity index (χ2n) is 5.33. The van der Waals surface area contributed by atoms with Gasteiger partial charge in [-0.3, -0.25) is 4.79 Å². The summed E-state index contributed by atoms with van der Waals surface area (Å²) in [6.45, 7) is 0. The molecule has 3 rings (SSSR count). The van der Waals surface area contributed by atoms with E-state index >= 15 is 0 Å². The predicted molar refractivity (Wildman–Crippen MR) is 90.2 cm³/mol. The first-order chi connectivity index (χ1) is 11.7. The Hall–Kier alpha value is -3.08. The number of esters is 1. The maximum Gasteiger partial charge on any atom is 0.332 e. The van der Waals surface area contributed by atoms with Gasteiger partial charge in [0, 0.05) is 17.3 Å². The molecule has 1 aliphatic rings. The molecule has 0 radical (unpaired) electrons. The predicted octanol–water partition coefficient (Wildman–Crippen LogP) is 2.65. The summed E-state index contributed by atoms with van der Waals surface area (Å²) in [6.07, 6.45) is 0.454. The number of methoxy groups -OCH3 is 1. The maximum absolute atomic E-state index is 12.4. The van der Waals surface area contributed by atoms with Crippen molar-refractivity contribution in [2.45, 2.75) is 12.1 Å². The molecule has 0 fully saturated rings. The second-order valence-corrected chi connectivity index (χ2v) is 5.33. The SMILES string of the molecule is COC(=O)C(Nc1ccccc1)C1OC(c2ccccc2)=CC1=O. The number of rotatable bonds is 5. The van der Waals surface area contributed by atoms with Gasteiger partial charge in [0.1, 0.15) is 5.76 Å². The van der Waals surface area contributed by atoms with Crippen molar-refractivity contribution < 1.29 is 19.1 Å². The topological polar surface area (TPSA) is 64.6 Å². The Kier molecular flexibility index (Phi) is 4.61. The van der Waals surface area contributed by atoms with Crippen LogP contribution < -0.4 is 5.32 Å². The molecule has 0 saturated carbocycles. The number of carbonyl (C=O) groups excluding carboxylic acids is 2. The van der Waals surface area contributed by atoms with Crippen molar-refractivity contribution in [3.63, 3.8) is 0 Å². The molecule has 1 N–H and O–H groups in total. The fraction of sp³-hybridized carbons (Fsp3) is 0.158. The van der Waals surface area contributed by atoms with Crippen LogP contribution >= 0.6 is 0 Å². The number of ether oxygens (including phenoxy) is 2. The summed E-state index contributed by atoms with van der Waals surface area (Å²) in [6, 6.07) is 17.5. The Morgan fingerprint density at radius 3 is 2.33 bits per heavy atom. The van der Waals surface area contributed by atoms with Crippen LogP contribution in [0, 0.1) is 0 Å². The van der Waals surface area contributed by atoms with E-state index in [1.807, 2.05) is 48.5 Å². The lowest BCUT2D eigenvalue weighted by molar-refractivity contribution is -0.145. The molecule has 2 aromatic rings. The summed E-state index contributed by atoms with van der Waals surface area (Å²) < 4.78 is 10.6. The first-order valence-electron chi connectivity index (χ1n) is 7.56. The number of carbonyl (C=O) groups is 2. The van der Waals surface area contributed by atoms with Crippen molar-refractivity contribution >= 4 is 23.2 Å². The van der Waals surface area contributed by atoms with Gasteiger partial charge in [0.2, 0.25) is 5.78 Å². The van der Waals surface area contributed by atoms with Gasteiger partial charge in [0.25, 0.3) is 0 Å². The molecule has 2 unspecified atom stereocenters. The monoisotopic (exact) mass is 323 g/mol. The Morgan fingerprint density at radius 1 is 1.08 bits per heavy atom. The van der Waals surface area contributed by atoms with Crippen molar-refractivity contribution in [3.8, 4) is 0 Å². The average molecular weight is 323 g/mol. The van der Waals surface area contributed by atoms with Crippen LogP contribution in [0.25, 0.3) is 5.76 Å². The van der Waals surface area contributed by atoms with E-state index in [-0.39, 0.29) is 5.78 Å². The van der Waals surface area contributed by atoms with E-state index in [2.05, 4.69) is 5.32 Å². The molecule has 0 aromatic heterocycles. The molecule has 5 nitrogen and oxygen atoms in total. The minimum absolute atomic E-state index is 0.271. The molecule has 24 heavy (non-hydrogen) atoms. The van der Waals surface area contributed by atoms with Gasteiger partial charge in [-0.05, 0) is 12.1 Å². The smallest absolute Gasteiger partial charge is 0.332 e. The average Bonchev–Trinajstić information content (AvgIpc) is 3.02. The van der Waals surface area contributed by atoms with Crippen LogP contribution in [-0.2, 0) is 19.1 Å². The van der Waals surface area contributed by atoms with Gasteiger partial charge in [0.05, 0.1) is 7.11 Å². The van der Waals surface area contributed by atoms with Gasteiger partial charge in [-0.1, -0.05) is 48.5 Å². The quantitative estimate of drug-likeness (QED) is 0.857. The lowest BCUT2D eigenvalue weighted by Crippen LogP contribution is -2.45.